The van der Waals surface area contributed by atoms with Crippen molar-refractivity contribution in [2.45, 2.75) is 12.6 Å². The van der Waals surface area contributed by atoms with Gasteiger partial charge in [0, 0.05) is 49.4 Å². The lowest BCUT2D eigenvalue weighted by molar-refractivity contribution is -0.131. The van der Waals surface area contributed by atoms with Gasteiger partial charge in [0.2, 0.25) is 5.91 Å². The molecule has 1 atom stereocenters. The highest BCUT2D eigenvalue weighted by molar-refractivity contribution is 6.30. The number of carbonyl (C=O) groups is 2. The fourth-order valence-corrected chi connectivity index (χ4v) is 3.61. The Hall–Kier alpha value is -2.58. The van der Waals surface area contributed by atoms with Gasteiger partial charge in [-0.25, -0.2) is 4.79 Å². The van der Waals surface area contributed by atoms with E-state index in [1.807, 2.05) is 12.1 Å². The first-order valence-electron chi connectivity index (χ1n) is 8.86. The summed E-state index contributed by atoms with van der Waals surface area (Å²) in [5.41, 5.74) is 1.51. The summed E-state index contributed by atoms with van der Waals surface area (Å²) in [5, 5.41) is 10.3. The van der Waals surface area contributed by atoms with Crippen molar-refractivity contribution in [2.24, 2.45) is 0 Å². The van der Waals surface area contributed by atoms with Gasteiger partial charge in [-0.05, 0) is 12.1 Å². The maximum Gasteiger partial charge on any atom is 0.317 e. The summed E-state index contributed by atoms with van der Waals surface area (Å²) in [4.78, 5) is 28.2. The topological polar surface area (TPSA) is 90.7 Å². The number of nitrogens with one attached hydrogen (secondary N) is 2. The largest absolute Gasteiger partial charge is 0.359 e. The summed E-state index contributed by atoms with van der Waals surface area (Å²) in [7, 11) is 0. The molecule has 1 aromatic heterocycles. The zero-order valence-corrected chi connectivity index (χ0v) is 15.4. The van der Waals surface area contributed by atoms with Crippen LogP contribution in [0.2, 0.25) is 5.02 Å². The molecule has 1 unspecified atom stereocenters. The van der Waals surface area contributed by atoms with Gasteiger partial charge in [-0.3, -0.25) is 9.69 Å². The monoisotopic (exact) mass is 389 g/mol. The Morgan fingerprint density at radius 1 is 1.33 bits per heavy atom. The molecule has 2 aliphatic heterocycles. The van der Waals surface area contributed by atoms with E-state index in [4.69, 9.17) is 16.1 Å². The minimum atomic E-state index is -0.266. The van der Waals surface area contributed by atoms with Crippen molar-refractivity contribution in [3.8, 4) is 11.3 Å². The first-order chi connectivity index (χ1) is 13.1. The van der Waals surface area contributed by atoms with Crippen LogP contribution in [0.3, 0.4) is 0 Å². The van der Waals surface area contributed by atoms with Crippen molar-refractivity contribution >= 4 is 23.5 Å². The molecule has 3 heterocycles. The van der Waals surface area contributed by atoms with Crippen LogP contribution in [0.5, 0.6) is 0 Å². The van der Waals surface area contributed by atoms with Crippen LogP contribution >= 0.6 is 11.6 Å². The summed E-state index contributed by atoms with van der Waals surface area (Å²) in [6.07, 6.45) is 0. The number of carbonyl (C=O) groups excluding carboxylic acids is 2. The molecule has 2 fully saturated rings. The summed E-state index contributed by atoms with van der Waals surface area (Å²) in [6, 6.07) is 8.62. The number of nitrogens with zero attached hydrogens (tertiary/aromatic N) is 3. The molecule has 0 radical (unpaired) electrons. The fraction of sp³-hybridized carbons (Fsp3) is 0.389. The second kappa shape index (κ2) is 7.58. The lowest BCUT2D eigenvalue weighted by atomic mass is 10.1. The molecule has 0 bridgehead atoms. The third-order valence-electron chi connectivity index (χ3n) is 4.87. The van der Waals surface area contributed by atoms with Crippen LogP contribution in [-0.4, -0.2) is 65.7 Å². The third kappa shape index (κ3) is 3.91. The highest BCUT2D eigenvalue weighted by Gasteiger charge is 2.36. The van der Waals surface area contributed by atoms with Gasteiger partial charge < -0.3 is 20.1 Å². The van der Waals surface area contributed by atoms with Gasteiger partial charge >= 0.3 is 6.03 Å². The molecule has 2 N–H and O–H groups in total. The maximum atomic E-state index is 12.5. The lowest BCUT2D eigenvalue weighted by Crippen LogP contribution is -2.65. The summed E-state index contributed by atoms with van der Waals surface area (Å²) < 4.78 is 5.30. The molecular weight excluding hydrogens is 370 g/mol. The minimum absolute atomic E-state index is 0.0138. The Balaban J connectivity index is 1.34. The van der Waals surface area contributed by atoms with Crippen molar-refractivity contribution in [1.82, 2.24) is 25.6 Å². The normalized spacial score (nSPS) is 20.1. The zero-order chi connectivity index (χ0) is 18.8. The van der Waals surface area contributed by atoms with Gasteiger partial charge in [0.05, 0.1) is 6.54 Å². The minimum Gasteiger partial charge on any atom is -0.359 e. The van der Waals surface area contributed by atoms with Crippen molar-refractivity contribution in [2.75, 3.05) is 32.7 Å². The molecule has 3 amide bonds. The molecule has 4 rings (SSSR count). The van der Waals surface area contributed by atoms with Crippen LogP contribution in [0.4, 0.5) is 4.79 Å². The number of rotatable bonds is 3. The average Bonchev–Trinajstić information content (AvgIpc) is 3.15. The Kier molecular flexibility index (Phi) is 5.00. The smallest absolute Gasteiger partial charge is 0.317 e. The van der Waals surface area contributed by atoms with Crippen LogP contribution in [-0.2, 0) is 11.3 Å². The molecule has 8 nitrogen and oxygen atoms in total. The first kappa shape index (κ1) is 17.8. The van der Waals surface area contributed by atoms with E-state index in [-0.39, 0.29) is 24.5 Å². The van der Waals surface area contributed by atoms with Crippen molar-refractivity contribution in [1.29, 1.82) is 0 Å². The van der Waals surface area contributed by atoms with Gasteiger partial charge in [-0.1, -0.05) is 28.9 Å². The number of urea groups is 1. The highest BCUT2D eigenvalue weighted by atomic mass is 35.5. The third-order valence-corrected chi connectivity index (χ3v) is 5.11. The highest BCUT2D eigenvalue weighted by Crippen LogP contribution is 2.22. The molecule has 2 saturated heterocycles. The molecule has 0 spiro atoms. The number of piperazine rings is 2. The number of benzene rings is 1. The van der Waals surface area contributed by atoms with Gasteiger partial charge in [0.1, 0.15) is 11.7 Å². The molecule has 142 valence electrons. The van der Waals surface area contributed by atoms with E-state index >= 15 is 0 Å². The van der Waals surface area contributed by atoms with Crippen LogP contribution < -0.4 is 10.6 Å². The molecular formula is C18H20ClN5O3. The number of hydrogen-bond acceptors (Lipinski definition) is 5. The molecule has 0 aliphatic carbocycles. The summed E-state index contributed by atoms with van der Waals surface area (Å²) >= 11 is 6.00. The first-order valence-corrected chi connectivity index (χ1v) is 9.24. The second-order valence-corrected chi connectivity index (χ2v) is 7.07. The number of halogens is 1. The van der Waals surface area contributed by atoms with E-state index in [2.05, 4.69) is 20.7 Å². The lowest BCUT2D eigenvalue weighted by Gasteiger charge is -2.42. The summed E-state index contributed by atoms with van der Waals surface area (Å²) in [5.74, 6) is 0.535. The number of hydrogen-bond donors (Lipinski definition) is 2. The van der Waals surface area contributed by atoms with E-state index in [1.165, 1.54) is 0 Å². The van der Waals surface area contributed by atoms with Gasteiger partial charge in [0.25, 0.3) is 0 Å². The standard InChI is InChI=1S/C18H20ClN5O3/c19-13-3-1-2-12(8-13)15-9-14(27-22-15)10-21-18(26)24-7-6-23-5-4-20-17(25)16(23)11-24/h1-3,8-9,16H,4-7,10-11H2,(H,20,25)(H,21,26). The molecule has 9 heteroatoms. The summed E-state index contributed by atoms with van der Waals surface area (Å²) in [6.45, 7) is 3.41. The van der Waals surface area contributed by atoms with Crippen molar-refractivity contribution in [3.63, 3.8) is 0 Å². The fourth-order valence-electron chi connectivity index (χ4n) is 3.42. The molecule has 1 aromatic carbocycles. The molecule has 0 saturated carbocycles. The van der Waals surface area contributed by atoms with Crippen LogP contribution in [0.15, 0.2) is 34.9 Å². The van der Waals surface area contributed by atoms with Crippen LogP contribution in [0.25, 0.3) is 11.3 Å². The Labute approximate surface area is 161 Å². The van der Waals surface area contributed by atoms with Crippen molar-refractivity contribution in [3.05, 3.63) is 41.1 Å². The van der Waals surface area contributed by atoms with E-state index in [9.17, 15) is 9.59 Å². The molecule has 27 heavy (non-hydrogen) atoms. The maximum absolute atomic E-state index is 12.5. The van der Waals surface area contributed by atoms with E-state index in [1.54, 1.807) is 23.1 Å². The Morgan fingerprint density at radius 2 is 2.22 bits per heavy atom. The number of amides is 3. The Bertz CT molecular complexity index is 855. The van der Waals surface area contributed by atoms with E-state index in [0.717, 1.165) is 12.1 Å². The van der Waals surface area contributed by atoms with E-state index in [0.29, 0.717) is 42.7 Å². The SMILES string of the molecule is O=C1NCCN2CCN(C(=O)NCc3cc(-c4cccc(Cl)c4)no3)CC12. The van der Waals surface area contributed by atoms with Crippen molar-refractivity contribution < 1.29 is 14.1 Å². The number of fused-ring (bicyclic) bond motifs is 1. The van der Waals surface area contributed by atoms with E-state index < -0.39 is 0 Å². The average molecular weight is 390 g/mol. The predicted molar refractivity (Wildman–Crippen MR) is 99.1 cm³/mol. The molecule has 2 aliphatic rings. The van der Waals surface area contributed by atoms with Crippen LogP contribution in [0, 0.1) is 0 Å². The Morgan fingerprint density at radius 3 is 3.07 bits per heavy atom. The van der Waals surface area contributed by atoms with Gasteiger partial charge in [-0.2, -0.15) is 0 Å². The second-order valence-electron chi connectivity index (χ2n) is 6.64. The van der Waals surface area contributed by atoms with Crippen LogP contribution in [0.1, 0.15) is 5.76 Å². The van der Waals surface area contributed by atoms with Gasteiger partial charge in [-0.15, -0.1) is 0 Å². The quantitative estimate of drug-likeness (QED) is 0.826. The van der Waals surface area contributed by atoms with Gasteiger partial charge in [0.15, 0.2) is 5.76 Å². The zero-order valence-electron chi connectivity index (χ0n) is 14.7. The predicted octanol–water partition coefficient (Wildman–Crippen LogP) is 1.32. The number of aromatic nitrogens is 1. The molecule has 2 aromatic rings.